The van der Waals surface area contributed by atoms with Crippen LogP contribution in [0.1, 0.15) is 57.6 Å². The maximum atomic E-state index is 12.7. The van der Waals surface area contributed by atoms with Crippen LogP contribution in [0.15, 0.2) is 24.0 Å². The second kappa shape index (κ2) is 8.10. The van der Waals surface area contributed by atoms with E-state index in [1.807, 2.05) is 19.1 Å². The Kier molecular flexibility index (Phi) is 6.12. The monoisotopic (exact) mass is 343 g/mol. The van der Waals surface area contributed by atoms with Crippen molar-refractivity contribution in [3.05, 3.63) is 35.1 Å². The fourth-order valence-electron chi connectivity index (χ4n) is 3.12. The average molecular weight is 343 g/mol. The van der Waals surface area contributed by atoms with E-state index in [0.29, 0.717) is 41.8 Å². The van der Waals surface area contributed by atoms with Gasteiger partial charge in [-0.2, -0.15) is 0 Å². The number of hydrogen-bond acceptors (Lipinski definition) is 4. The highest BCUT2D eigenvalue weighted by Gasteiger charge is 2.37. The standard InChI is InChI=1S/C20H25NO4/c1-5-7-8-15(23)11-14-9-10-17-16(12-14)19(18(6-2)25-4)20(24)21(17)13(3)22/h9-10,12H,5-8,11H2,1-4H3. The number of unbranched alkanes of at least 4 members (excludes halogenated alkanes) is 1. The lowest BCUT2D eigenvalue weighted by Gasteiger charge is -2.12. The number of amides is 2. The average Bonchev–Trinajstić information content (AvgIpc) is 2.86. The summed E-state index contributed by atoms with van der Waals surface area (Å²) in [6.45, 7) is 5.32. The van der Waals surface area contributed by atoms with Crippen LogP contribution in [-0.4, -0.2) is 24.7 Å². The number of rotatable bonds is 7. The number of benzene rings is 1. The third kappa shape index (κ3) is 3.81. The molecular weight excluding hydrogens is 318 g/mol. The van der Waals surface area contributed by atoms with Gasteiger partial charge in [-0.05, 0) is 24.1 Å². The highest BCUT2D eigenvalue weighted by molar-refractivity contribution is 6.39. The maximum Gasteiger partial charge on any atom is 0.269 e. The van der Waals surface area contributed by atoms with E-state index in [-0.39, 0.29) is 17.6 Å². The Hall–Kier alpha value is -2.43. The molecule has 25 heavy (non-hydrogen) atoms. The first-order valence-corrected chi connectivity index (χ1v) is 8.71. The molecule has 2 rings (SSSR count). The van der Waals surface area contributed by atoms with E-state index in [0.717, 1.165) is 18.4 Å². The zero-order valence-corrected chi connectivity index (χ0v) is 15.3. The van der Waals surface area contributed by atoms with E-state index in [9.17, 15) is 14.4 Å². The van der Waals surface area contributed by atoms with E-state index >= 15 is 0 Å². The molecule has 0 aliphatic carbocycles. The van der Waals surface area contributed by atoms with Crippen LogP contribution < -0.4 is 4.90 Å². The Morgan fingerprint density at radius 3 is 2.48 bits per heavy atom. The zero-order valence-electron chi connectivity index (χ0n) is 15.3. The highest BCUT2D eigenvalue weighted by Crippen LogP contribution is 2.40. The maximum absolute atomic E-state index is 12.7. The molecule has 1 aromatic carbocycles. The number of carbonyl (C=O) groups is 3. The van der Waals surface area contributed by atoms with Crippen molar-refractivity contribution in [3.63, 3.8) is 0 Å². The number of Topliss-reactive ketones (excluding diaryl/α,β-unsaturated/α-hetero) is 1. The normalized spacial score (nSPS) is 15.2. The minimum Gasteiger partial charge on any atom is -0.500 e. The first kappa shape index (κ1) is 18.9. The number of ketones is 1. The van der Waals surface area contributed by atoms with Gasteiger partial charge < -0.3 is 4.74 Å². The van der Waals surface area contributed by atoms with Gasteiger partial charge in [0.25, 0.3) is 5.91 Å². The molecule has 0 bridgehead atoms. The fraction of sp³-hybridized carbons (Fsp3) is 0.450. The van der Waals surface area contributed by atoms with Crippen LogP contribution >= 0.6 is 0 Å². The summed E-state index contributed by atoms with van der Waals surface area (Å²) in [6, 6.07) is 5.39. The Morgan fingerprint density at radius 2 is 1.92 bits per heavy atom. The molecule has 0 saturated carbocycles. The number of hydrogen-bond donors (Lipinski definition) is 0. The largest absolute Gasteiger partial charge is 0.500 e. The number of nitrogens with zero attached hydrogens (tertiary/aromatic N) is 1. The number of imide groups is 1. The lowest BCUT2D eigenvalue weighted by atomic mass is 9.98. The summed E-state index contributed by atoms with van der Waals surface area (Å²) in [6.07, 6.45) is 3.31. The third-order valence-corrected chi connectivity index (χ3v) is 4.36. The van der Waals surface area contributed by atoms with Crippen molar-refractivity contribution in [2.45, 2.75) is 52.9 Å². The quantitative estimate of drug-likeness (QED) is 0.560. The van der Waals surface area contributed by atoms with E-state index in [1.165, 1.54) is 18.9 Å². The van der Waals surface area contributed by atoms with Gasteiger partial charge in [-0.3, -0.25) is 14.4 Å². The zero-order chi connectivity index (χ0) is 18.6. The van der Waals surface area contributed by atoms with Crippen molar-refractivity contribution in [1.82, 2.24) is 0 Å². The van der Waals surface area contributed by atoms with Gasteiger partial charge in [0.15, 0.2) is 0 Å². The molecule has 1 heterocycles. The van der Waals surface area contributed by atoms with Crippen molar-refractivity contribution in [2.75, 3.05) is 12.0 Å². The minimum absolute atomic E-state index is 0.183. The SMILES string of the molecule is CCCCC(=O)Cc1ccc2c(c1)C(=C(CC)OC)C(=O)N2C(C)=O. The second-order valence-corrected chi connectivity index (χ2v) is 6.19. The van der Waals surface area contributed by atoms with Gasteiger partial charge in [0.1, 0.15) is 11.5 Å². The molecule has 1 aliphatic heterocycles. The summed E-state index contributed by atoms with van der Waals surface area (Å²) in [5, 5.41) is 0. The number of ether oxygens (including phenoxy) is 1. The van der Waals surface area contributed by atoms with Crippen LogP contribution in [0.2, 0.25) is 0 Å². The third-order valence-electron chi connectivity index (χ3n) is 4.36. The molecule has 0 fully saturated rings. The minimum atomic E-state index is -0.365. The first-order valence-electron chi connectivity index (χ1n) is 8.71. The fourth-order valence-corrected chi connectivity index (χ4v) is 3.12. The number of fused-ring (bicyclic) bond motifs is 1. The molecule has 134 valence electrons. The van der Waals surface area contributed by atoms with Crippen LogP contribution in [0.25, 0.3) is 5.57 Å². The predicted molar refractivity (Wildman–Crippen MR) is 97.1 cm³/mol. The van der Waals surface area contributed by atoms with Crippen molar-refractivity contribution < 1.29 is 19.1 Å². The van der Waals surface area contributed by atoms with Gasteiger partial charge >= 0.3 is 0 Å². The van der Waals surface area contributed by atoms with Crippen LogP contribution in [0.4, 0.5) is 5.69 Å². The summed E-state index contributed by atoms with van der Waals surface area (Å²) >= 11 is 0. The van der Waals surface area contributed by atoms with Crippen LogP contribution in [0.5, 0.6) is 0 Å². The smallest absolute Gasteiger partial charge is 0.269 e. The summed E-state index contributed by atoms with van der Waals surface area (Å²) in [7, 11) is 1.52. The molecule has 0 atom stereocenters. The summed E-state index contributed by atoms with van der Waals surface area (Å²) in [5.41, 5.74) is 2.49. The predicted octanol–water partition coefficient (Wildman–Crippen LogP) is 3.65. The van der Waals surface area contributed by atoms with Crippen molar-refractivity contribution in [2.24, 2.45) is 0 Å². The summed E-state index contributed by atoms with van der Waals surface area (Å²) in [5.74, 6) is 0.0298. The molecule has 0 unspecified atom stereocenters. The summed E-state index contributed by atoms with van der Waals surface area (Å²) in [4.78, 5) is 37.9. The van der Waals surface area contributed by atoms with E-state index in [2.05, 4.69) is 6.92 Å². The number of methoxy groups -OCH3 is 1. The van der Waals surface area contributed by atoms with Crippen molar-refractivity contribution in [1.29, 1.82) is 0 Å². The lowest BCUT2D eigenvalue weighted by Crippen LogP contribution is -2.31. The van der Waals surface area contributed by atoms with Crippen molar-refractivity contribution in [3.8, 4) is 0 Å². The molecule has 5 nitrogen and oxygen atoms in total. The van der Waals surface area contributed by atoms with Gasteiger partial charge in [-0.25, -0.2) is 4.90 Å². The lowest BCUT2D eigenvalue weighted by molar-refractivity contribution is -0.122. The Morgan fingerprint density at radius 1 is 1.20 bits per heavy atom. The van der Waals surface area contributed by atoms with Gasteiger partial charge in [0.2, 0.25) is 5.91 Å². The Balaban J connectivity index is 2.46. The number of carbonyl (C=O) groups excluding carboxylic acids is 3. The van der Waals surface area contributed by atoms with E-state index < -0.39 is 0 Å². The number of anilines is 1. The van der Waals surface area contributed by atoms with Crippen molar-refractivity contribution >= 4 is 28.9 Å². The van der Waals surface area contributed by atoms with Crippen LogP contribution in [0, 0.1) is 0 Å². The van der Waals surface area contributed by atoms with Gasteiger partial charge in [0.05, 0.1) is 18.4 Å². The van der Waals surface area contributed by atoms with Gasteiger partial charge in [-0.1, -0.05) is 26.3 Å². The Labute approximate surface area is 148 Å². The van der Waals surface area contributed by atoms with Gasteiger partial charge in [0, 0.05) is 31.7 Å². The Bertz CT molecular complexity index is 727. The molecule has 0 saturated heterocycles. The number of allylic oxidation sites excluding steroid dienone is 1. The molecular formula is C20H25NO4. The molecule has 0 radical (unpaired) electrons. The van der Waals surface area contributed by atoms with E-state index in [4.69, 9.17) is 4.74 Å². The van der Waals surface area contributed by atoms with Crippen LogP contribution in [-0.2, 0) is 25.5 Å². The molecule has 2 amide bonds. The highest BCUT2D eigenvalue weighted by atomic mass is 16.5. The molecule has 0 spiro atoms. The first-order chi connectivity index (χ1) is 11.9. The topological polar surface area (TPSA) is 63.7 Å². The summed E-state index contributed by atoms with van der Waals surface area (Å²) < 4.78 is 5.37. The molecule has 1 aromatic rings. The molecule has 0 N–H and O–H groups in total. The van der Waals surface area contributed by atoms with Gasteiger partial charge in [-0.15, -0.1) is 0 Å². The molecule has 5 heteroatoms. The second-order valence-electron chi connectivity index (χ2n) is 6.19. The molecule has 0 aromatic heterocycles. The van der Waals surface area contributed by atoms with E-state index in [1.54, 1.807) is 6.07 Å². The molecule has 1 aliphatic rings. The van der Waals surface area contributed by atoms with Crippen LogP contribution in [0.3, 0.4) is 0 Å².